The fraction of sp³-hybridized carbons (Fsp3) is 0.500. The zero-order chi connectivity index (χ0) is 48.5. The molecule has 0 saturated carbocycles. The molecule has 0 saturated heterocycles. The van der Waals surface area contributed by atoms with Crippen LogP contribution >= 0.6 is 16.1 Å². The Morgan fingerprint density at radius 2 is 0.627 bits per heavy atom. The van der Waals surface area contributed by atoms with Crippen molar-refractivity contribution in [3.05, 3.63) is 127 Å². The van der Waals surface area contributed by atoms with Crippen LogP contribution in [0.25, 0.3) is 0 Å². The van der Waals surface area contributed by atoms with Crippen LogP contribution in [0.1, 0.15) is 119 Å². The smallest absolute Gasteiger partial charge is 0.0867 e. The van der Waals surface area contributed by atoms with E-state index in [2.05, 4.69) is 213 Å². The van der Waals surface area contributed by atoms with Crippen molar-refractivity contribution in [3.63, 3.8) is 0 Å². The Kier molecular flexibility index (Phi) is 22.2. The van der Waals surface area contributed by atoms with Gasteiger partial charge in [0.1, 0.15) is 0 Å². The lowest BCUT2D eigenvalue weighted by Crippen LogP contribution is -2.51. The molecule has 7 heteroatoms. The summed E-state index contributed by atoms with van der Waals surface area (Å²) in [6.07, 6.45) is 15.9. The van der Waals surface area contributed by atoms with Gasteiger partial charge in [0, 0.05) is 16.3 Å². The minimum absolute atomic E-state index is 1.01. The van der Waals surface area contributed by atoms with Crippen molar-refractivity contribution in [2.75, 3.05) is 4.44 Å². The third kappa shape index (κ3) is 14.4. The number of rotatable bonds is 29. The second-order valence-corrected chi connectivity index (χ2v) is 45.8. The van der Waals surface area contributed by atoms with Crippen molar-refractivity contribution in [3.8, 4) is 0 Å². The minimum Gasteiger partial charge on any atom is -0.313 e. The number of hydrogen-bond acceptors (Lipinski definition) is 1. The van der Waals surface area contributed by atoms with Crippen LogP contribution < -0.4 is 46.4 Å². The molecule has 67 heavy (non-hydrogen) atoms. The SMILES string of the molecule is CCCC[Si](CCCC)(CCCC)c1ccc(P(c2ccccc2[Si](C)(C)C)N(c2ccccc2)P(c2ccc([Si](CCCC)(CCCC)CCCC)cc2)c2ccccc2[Si](C)(C)C)cc1. The number of nitrogens with zero attached hydrogens (tertiary/aromatic N) is 1. The summed E-state index contributed by atoms with van der Waals surface area (Å²) in [5.41, 5.74) is 1.35. The van der Waals surface area contributed by atoms with Crippen molar-refractivity contribution >= 4 is 96.1 Å². The van der Waals surface area contributed by atoms with Gasteiger partial charge in [0.2, 0.25) is 0 Å². The molecule has 0 aliphatic carbocycles. The molecular weight excluding hydrogens is 909 g/mol. The number of hydrogen-bond donors (Lipinski definition) is 0. The summed E-state index contributed by atoms with van der Waals surface area (Å²) < 4.78 is 3.03. The second kappa shape index (κ2) is 26.7. The monoisotopic (exact) mass is 1000 g/mol. The normalized spacial score (nSPS) is 13.4. The Bertz CT molecular complexity index is 2000. The zero-order valence-electron chi connectivity index (χ0n) is 44.7. The molecule has 5 aromatic rings. The van der Waals surface area contributed by atoms with Crippen LogP contribution in [-0.2, 0) is 0 Å². The van der Waals surface area contributed by atoms with Gasteiger partial charge in [-0.05, 0) is 22.7 Å². The van der Waals surface area contributed by atoms with Crippen LogP contribution in [0.2, 0.25) is 75.5 Å². The van der Waals surface area contributed by atoms with E-state index in [9.17, 15) is 0 Å². The van der Waals surface area contributed by atoms with Gasteiger partial charge in [-0.25, -0.2) is 0 Å². The van der Waals surface area contributed by atoms with E-state index < -0.39 is 48.4 Å². The number of unbranched alkanes of at least 4 members (excludes halogenated alkanes) is 6. The highest BCUT2D eigenvalue weighted by Gasteiger charge is 2.40. The Hall–Kier alpha value is -2.37. The summed E-state index contributed by atoms with van der Waals surface area (Å²) in [5, 5.41) is 12.7. The van der Waals surface area contributed by atoms with Crippen molar-refractivity contribution < 1.29 is 0 Å². The van der Waals surface area contributed by atoms with Gasteiger partial charge in [0.15, 0.2) is 0 Å². The Morgan fingerprint density at radius 3 is 0.910 bits per heavy atom. The molecule has 5 aromatic carbocycles. The topological polar surface area (TPSA) is 3.24 Å². The number of para-hydroxylation sites is 1. The second-order valence-electron chi connectivity index (χ2n) is 22.1. The predicted molar refractivity (Wildman–Crippen MR) is 322 cm³/mol. The van der Waals surface area contributed by atoms with E-state index in [0.29, 0.717) is 0 Å². The molecule has 364 valence electrons. The van der Waals surface area contributed by atoms with Gasteiger partial charge in [0.25, 0.3) is 0 Å². The van der Waals surface area contributed by atoms with Gasteiger partial charge in [-0.15, -0.1) is 0 Å². The standard InChI is InChI=1S/C60H93NP2Si4/c1-13-19-46-66(47-20-14-2,48-21-15-3)55-42-38-53(39-43-55)62(57-34-28-30-36-59(57)64(7,8)9)61(52-32-26-25-27-33-52)63(58-35-29-31-37-60(58)65(10,11)12)54-40-44-56(45-41-54)67(49-22-16-4,50-23-17-5)51-24-18-6/h25-45H,13-24,46-51H2,1-12H3. The fourth-order valence-corrected chi connectivity index (χ4v) is 33.5. The van der Waals surface area contributed by atoms with E-state index in [1.165, 1.54) is 130 Å². The summed E-state index contributed by atoms with van der Waals surface area (Å²) >= 11 is 0. The molecule has 2 unspecified atom stereocenters. The molecule has 0 N–H and O–H groups in total. The van der Waals surface area contributed by atoms with E-state index in [4.69, 9.17) is 0 Å². The lowest BCUT2D eigenvalue weighted by molar-refractivity contribution is 0.800. The van der Waals surface area contributed by atoms with Crippen molar-refractivity contribution in [1.29, 1.82) is 0 Å². The van der Waals surface area contributed by atoms with E-state index in [0.717, 1.165) is 0 Å². The van der Waals surface area contributed by atoms with E-state index in [1.54, 1.807) is 31.4 Å². The molecule has 2 atom stereocenters. The molecule has 0 spiro atoms. The summed E-state index contributed by atoms with van der Waals surface area (Å²) in [6, 6.07) is 61.1. The third-order valence-corrected chi connectivity index (χ3v) is 35.8. The summed E-state index contributed by atoms with van der Waals surface area (Å²) in [4.78, 5) is 0. The number of anilines is 1. The summed E-state index contributed by atoms with van der Waals surface area (Å²) in [6.45, 7) is 29.8. The molecule has 5 rings (SSSR count). The summed E-state index contributed by atoms with van der Waals surface area (Å²) in [5.74, 6) is 0. The molecule has 0 aliphatic heterocycles. The molecule has 0 aromatic heterocycles. The lowest BCUT2D eigenvalue weighted by Gasteiger charge is -2.43. The molecular formula is C60H93NP2Si4. The van der Waals surface area contributed by atoms with Crippen LogP contribution in [0.3, 0.4) is 0 Å². The highest BCUT2D eigenvalue weighted by atomic mass is 31.2. The van der Waals surface area contributed by atoms with Gasteiger partial charge in [0.05, 0.1) is 48.4 Å². The molecule has 1 nitrogen and oxygen atoms in total. The van der Waals surface area contributed by atoms with Crippen LogP contribution in [0.15, 0.2) is 127 Å². The van der Waals surface area contributed by atoms with Crippen LogP contribution in [-0.4, -0.2) is 32.3 Å². The molecule has 0 fully saturated rings. The maximum absolute atomic E-state index is 3.03. The van der Waals surface area contributed by atoms with E-state index >= 15 is 0 Å². The van der Waals surface area contributed by atoms with Crippen LogP contribution in [0.5, 0.6) is 0 Å². The van der Waals surface area contributed by atoms with Crippen LogP contribution in [0.4, 0.5) is 5.69 Å². The Labute approximate surface area is 419 Å². The highest BCUT2D eigenvalue weighted by Crippen LogP contribution is 2.57. The molecule has 0 amide bonds. The van der Waals surface area contributed by atoms with E-state index in [1.807, 2.05) is 0 Å². The van der Waals surface area contributed by atoms with Crippen LogP contribution in [0, 0.1) is 0 Å². The third-order valence-electron chi connectivity index (χ3n) is 14.7. The first-order valence-electron chi connectivity index (χ1n) is 27.1. The van der Waals surface area contributed by atoms with Gasteiger partial charge in [-0.2, -0.15) is 0 Å². The largest absolute Gasteiger partial charge is 0.313 e. The van der Waals surface area contributed by atoms with Crippen molar-refractivity contribution in [1.82, 2.24) is 0 Å². The van der Waals surface area contributed by atoms with Gasteiger partial charge in [-0.1, -0.05) is 330 Å². The van der Waals surface area contributed by atoms with Gasteiger partial charge >= 0.3 is 0 Å². The van der Waals surface area contributed by atoms with Gasteiger partial charge < -0.3 is 4.44 Å². The Morgan fingerprint density at radius 1 is 0.343 bits per heavy atom. The first kappa shape index (κ1) is 55.6. The number of benzene rings is 5. The average molecular weight is 1000 g/mol. The molecule has 0 aliphatic rings. The van der Waals surface area contributed by atoms with E-state index in [-0.39, 0.29) is 0 Å². The van der Waals surface area contributed by atoms with Crippen molar-refractivity contribution in [2.45, 2.75) is 194 Å². The molecule has 0 heterocycles. The molecule has 0 bridgehead atoms. The summed E-state index contributed by atoms with van der Waals surface area (Å²) in [7, 11) is -8.98. The zero-order valence-corrected chi connectivity index (χ0v) is 50.5. The maximum atomic E-state index is 3.03. The quantitative estimate of drug-likeness (QED) is 0.0341. The minimum atomic E-state index is -1.79. The van der Waals surface area contributed by atoms with Gasteiger partial charge in [-0.3, -0.25) is 0 Å². The first-order valence-corrected chi connectivity index (χ1v) is 41.9. The average Bonchev–Trinajstić information content (AvgIpc) is 3.34. The predicted octanol–water partition coefficient (Wildman–Crippen LogP) is 15.8. The lowest BCUT2D eigenvalue weighted by atomic mass is 10.3. The first-order chi connectivity index (χ1) is 32.2. The van der Waals surface area contributed by atoms with Crippen molar-refractivity contribution in [2.24, 2.45) is 0 Å². The Balaban J connectivity index is 1.88. The molecule has 0 radical (unpaired) electrons. The highest BCUT2D eigenvalue weighted by molar-refractivity contribution is 7.91. The fourth-order valence-electron chi connectivity index (χ4n) is 10.8. The maximum Gasteiger partial charge on any atom is 0.0867 e.